The van der Waals surface area contributed by atoms with E-state index < -0.39 is 16.0 Å². The van der Waals surface area contributed by atoms with Crippen molar-refractivity contribution in [3.05, 3.63) is 16.3 Å². The first-order valence-corrected chi connectivity index (χ1v) is 8.48. The van der Waals surface area contributed by atoms with Gasteiger partial charge in [0.15, 0.2) is 0 Å². The second kappa shape index (κ2) is 5.22. The summed E-state index contributed by atoms with van der Waals surface area (Å²) in [5, 5.41) is 10.3. The third-order valence-corrected chi connectivity index (χ3v) is 6.19. The van der Waals surface area contributed by atoms with Crippen LogP contribution in [0.15, 0.2) is 16.3 Å². The van der Waals surface area contributed by atoms with Crippen LogP contribution in [0.4, 0.5) is 0 Å². The number of rotatable bonds is 6. The van der Waals surface area contributed by atoms with Gasteiger partial charge in [0.1, 0.15) is 4.88 Å². The molecule has 0 atom stereocenters. The van der Waals surface area contributed by atoms with E-state index in [-0.39, 0.29) is 15.8 Å². The molecule has 0 saturated heterocycles. The van der Waals surface area contributed by atoms with Crippen molar-refractivity contribution < 1.29 is 18.3 Å². The molecular weight excluding hydrogens is 286 g/mol. The lowest BCUT2D eigenvalue weighted by molar-refractivity contribution is 0.0702. The zero-order valence-corrected chi connectivity index (χ0v) is 12.5. The Morgan fingerprint density at radius 1 is 1.53 bits per heavy atom. The number of sulfonamides is 1. The summed E-state index contributed by atoms with van der Waals surface area (Å²) in [6.45, 7) is 4.20. The maximum absolute atomic E-state index is 12.5. The standard InChI is InChI=1S/C12H17NO4S2/c1-8(2)13(6-9-3-4-9)19(16,17)10-5-11(12(14)15)18-7-10/h5,7-9H,3-4,6H2,1-2H3,(H,14,15). The highest BCUT2D eigenvalue weighted by Gasteiger charge is 2.34. The largest absolute Gasteiger partial charge is 0.477 e. The number of nitrogens with zero attached hydrogens (tertiary/aromatic N) is 1. The van der Waals surface area contributed by atoms with Gasteiger partial charge in [0.05, 0.1) is 4.90 Å². The Bertz CT molecular complexity index is 572. The summed E-state index contributed by atoms with van der Waals surface area (Å²) in [5.41, 5.74) is 0. The minimum atomic E-state index is -3.59. The molecule has 1 N–H and O–H groups in total. The lowest BCUT2D eigenvalue weighted by atomic mass is 10.3. The molecule has 106 valence electrons. The van der Waals surface area contributed by atoms with Gasteiger partial charge in [0, 0.05) is 18.0 Å². The van der Waals surface area contributed by atoms with E-state index in [0.717, 1.165) is 24.2 Å². The SMILES string of the molecule is CC(C)N(CC1CC1)S(=O)(=O)c1csc(C(=O)O)c1. The molecule has 1 saturated carbocycles. The quantitative estimate of drug-likeness (QED) is 0.874. The van der Waals surface area contributed by atoms with Crippen molar-refractivity contribution >= 4 is 27.3 Å². The third kappa shape index (κ3) is 3.16. The van der Waals surface area contributed by atoms with Gasteiger partial charge in [-0.3, -0.25) is 0 Å². The average Bonchev–Trinajstić information content (AvgIpc) is 2.97. The van der Waals surface area contributed by atoms with Crippen molar-refractivity contribution in [2.75, 3.05) is 6.54 Å². The number of carbonyl (C=O) groups is 1. The Morgan fingerprint density at radius 2 is 2.16 bits per heavy atom. The van der Waals surface area contributed by atoms with Crippen molar-refractivity contribution in [1.82, 2.24) is 4.31 Å². The van der Waals surface area contributed by atoms with Crippen LogP contribution in [0, 0.1) is 5.92 Å². The van der Waals surface area contributed by atoms with E-state index in [4.69, 9.17) is 5.11 Å². The third-order valence-electron chi connectivity index (χ3n) is 3.10. The second-order valence-electron chi connectivity index (χ2n) is 5.06. The fourth-order valence-electron chi connectivity index (χ4n) is 1.84. The number of carboxylic acids is 1. The Morgan fingerprint density at radius 3 is 2.58 bits per heavy atom. The molecule has 5 nitrogen and oxygen atoms in total. The van der Waals surface area contributed by atoms with Gasteiger partial charge in [-0.25, -0.2) is 13.2 Å². The van der Waals surface area contributed by atoms with Gasteiger partial charge in [-0.05, 0) is 38.7 Å². The van der Waals surface area contributed by atoms with Gasteiger partial charge in [0.25, 0.3) is 0 Å². The van der Waals surface area contributed by atoms with Crippen LogP contribution in [0.5, 0.6) is 0 Å². The zero-order chi connectivity index (χ0) is 14.2. The van der Waals surface area contributed by atoms with Crippen molar-refractivity contribution in [1.29, 1.82) is 0 Å². The number of hydrogen-bond acceptors (Lipinski definition) is 4. The molecule has 1 aliphatic carbocycles. The smallest absolute Gasteiger partial charge is 0.345 e. The Kier molecular flexibility index (Phi) is 3.98. The van der Waals surface area contributed by atoms with Crippen LogP contribution in [0.3, 0.4) is 0 Å². The summed E-state index contributed by atoms with van der Waals surface area (Å²) in [5.74, 6) is -0.639. The van der Waals surface area contributed by atoms with E-state index in [1.54, 1.807) is 0 Å². The zero-order valence-electron chi connectivity index (χ0n) is 10.9. The molecule has 0 amide bonds. The van der Waals surface area contributed by atoms with Gasteiger partial charge in [0.2, 0.25) is 10.0 Å². The van der Waals surface area contributed by atoms with E-state index >= 15 is 0 Å². The molecule has 0 unspecified atom stereocenters. The number of hydrogen-bond donors (Lipinski definition) is 1. The van der Waals surface area contributed by atoms with Gasteiger partial charge in [-0.2, -0.15) is 4.31 Å². The maximum Gasteiger partial charge on any atom is 0.345 e. The molecular formula is C12H17NO4S2. The van der Waals surface area contributed by atoms with Crippen LogP contribution in [-0.4, -0.2) is 36.4 Å². The minimum absolute atomic E-state index is 0.0497. The fourth-order valence-corrected chi connectivity index (χ4v) is 4.66. The van der Waals surface area contributed by atoms with E-state index in [2.05, 4.69) is 0 Å². The highest BCUT2D eigenvalue weighted by molar-refractivity contribution is 7.89. The molecule has 1 aromatic rings. The van der Waals surface area contributed by atoms with E-state index in [1.807, 2.05) is 13.8 Å². The van der Waals surface area contributed by atoms with Gasteiger partial charge in [-0.1, -0.05) is 0 Å². The summed E-state index contributed by atoms with van der Waals surface area (Å²) in [7, 11) is -3.59. The number of thiophene rings is 1. The molecule has 0 aliphatic heterocycles. The molecule has 1 aromatic heterocycles. The monoisotopic (exact) mass is 303 g/mol. The summed E-state index contributed by atoms with van der Waals surface area (Å²) in [6.07, 6.45) is 2.14. The van der Waals surface area contributed by atoms with E-state index in [1.165, 1.54) is 15.8 Å². The first-order chi connectivity index (χ1) is 8.82. The maximum atomic E-state index is 12.5. The first kappa shape index (κ1) is 14.5. The Hall–Kier alpha value is -0.920. The molecule has 19 heavy (non-hydrogen) atoms. The van der Waals surface area contributed by atoms with Crippen LogP contribution < -0.4 is 0 Å². The van der Waals surface area contributed by atoms with E-state index in [0.29, 0.717) is 12.5 Å². The van der Waals surface area contributed by atoms with Gasteiger partial charge >= 0.3 is 5.97 Å². The lowest BCUT2D eigenvalue weighted by Crippen LogP contribution is -2.38. The summed E-state index contributed by atoms with van der Waals surface area (Å²) in [6, 6.07) is 1.11. The van der Waals surface area contributed by atoms with Crippen LogP contribution in [0.2, 0.25) is 0 Å². The molecule has 2 rings (SSSR count). The molecule has 1 fully saturated rings. The number of aromatic carboxylic acids is 1. The van der Waals surface area contributed by atoms with E-state index in [9.17, 15) is 13.2 Å². The summed E-state index contributed by atoms with van der Waals surface area (Å²) >= 11 is 0.943. The minimum Gasteiger partial charge on any atom is -0.477 e. The highest BCUT2D eigenvalue weighted by Crippen LogP contribution is 2.33. The van der Waals surface area contributed by atoms with Crippen molar-refractivity contribution in [2.24, 2.45) is 5.92 Å². The fraction of sp³-hybridized carbons (Fsp3) is 0.583. The van der Waals surface area contributed by atoms with Crippen molar-refractivity contribution in [2.45, 2.75) is 37.6 Å². The van der Waals surface area contributed by atoms with Crippen LogP contribution >= 0.6 is 11.3 Å². The molecule has 0 spiro atoms. The number of carboxylic acid groups (broad SMARTS) is 1. The lowest BCUT2D eigenvalue weighted by Gasteiger charge is -2.25. The van der Waals surface area contributed by atoms with Gasteiger partial charge < -0.3 is 5.11 Å². The predicted octanol–water partition coefficient (Wildman–Crippen LogP) is 2.26. The normalized spacial score (nSPS) is 16.2. The molecule has 0 aromatic carbocycles. The predicted molar refractivity (Wildman–Crippen MR) is 73.0 cm³/mol. The second-order valence-corrected chi connectivity index (χ2v) is 7.87. The first-order valence-electron chi connectivity index (χ1n) is 6.16. The molecule has 1 heterocycles. The molecule has 7 heteroatoms. The summed E-state index contributed by atoms with van der Waals surface area (Å²) in [4.78, 5) is 11.0. The van der Waals surface area contributed by atoms with Crippen molar-refractivity contribution in [3.8, 4) is 0 Å². The van der Waals surface area contributed by atoms with Crippen LogP contribution in [0.1, 0.15) is 36.4 Å². The average molecular weight is 303 g/mol. The van der Waals surface area contributed by atoms with Crippen LogP contribution in [-0.2, 0) is 10.0 Å². The van der Waals surface area contributed by atoms with Crippen molar-refractivity contribution in [3.63, 3.8) is 0 Å². The Labute approximate surface area is 116 Å². The molecule has 1 aliphatic rings. The summed E-state index contributed by atoms with van der Waals surface area (Å²) < 4.78 is 26.5. The highest BCUT2D eigenvalue weighted by atomic mass is 32.2. The Balaban J connectivity index is 2.29. The van der Waals surface area contributed by atoms with Gasteiger partial charge in [-0.15, -0.1) is 11.3 Å². The molecule has 0 radical (unpaired) electrons. The van der Waals surface area contributed by atoms with Crippen LogP contribution in [0.25, 0.3) is 0 Å². The topological polar surface area (TPSA) is 74.7 Å². The molecule has 0 bridgehead atoms.